The van der Waals surface area contributed by atoms with Gasteiger partial charge in [-0.15, -0.1) is 0 Å². The predicted octanol–water partition coefficient (Wildman–Crippen LogP) is 3.87. The molecular formula is C20H39N2O5P. The molecule has 0 aliphatic heterocycles. The van der Waals surface area contributed by atoms with E-state index in [9.17, 15) is 14.4 Å². The van der Waals surface area contributed by atoms with E-state index in [2.05, 4.69) is 19.8 Å². The van der Waals surface area contributed by atoms with Gasteiger partial charge in [-0.2, -0.15) is 0 Å². The van der Waals surface area contributed by atoms with Crippen LogP contribution in [-0.4, -0.2) is 40.6 Å². The lowest BCUT2D eigenvalue weighted by Crippen LogP contribution is -2.30. The second-order valence-electron chi connectivity index (χ2n) is 7.33. The first kappa shape index (κ1) is 26.8. The first-order valence-electron chi connectivity index (χ1n) is 10.6. The molecule has 0 fully saturated rings. The fourth-order valence-electron chi connectivity index (χ4n) is 3.04. The minimum Gasteiger partial charge on any atom is -0.481 e. The molecule has 2 atom stereocenters. The van der Waals surface area contributed by atoms with E-state index in [0.29, 0.717) is 19.4 Å². The zero-order valence-electron chi connectivity index (χ0n) is 17.1. The van der Waals surface area contributed by atoms with Crippen molar-refractivity contribution < 1.29 is 24.6 Å². The highest BCUT2D eigenvalue weighted by atomic mass is 31.0. The zero-order chi connectivity index (χ0) is 21.0. The Kier molecular flexibility index (Phi) is 18.3. The first-order valence-corrected chi connectivity index (χ1v) is 11.2. The Morgan fingerprint density at radius 2 is 1.21 bits per heavy atom. The number of hydrogen-bond acceptors (Lipinski definition) is 4. The van der Waals surface area contributed by atoms with Crippen molar-refractivity contribution in [2.24, 2.45) is 0 Å². The molecule has 0 aliphatic carbocycles. The number of unbranched alkanes of at least 4 members (excludes halogenated alkanes) is 10. The lowest BCUT2D eigenvalue weighted by Gasteiger charge is -2.10. The third kappa shape index (κ3) is 18.2. The summed E-state index contributed by atoms with van der Waals surface area (Å²) in [6, 6.07) is -0.544. The fourth-order valence-corrected chi connectivity index (χ4v) is 3.35. The summed E-state index contributed by atoms with van der Waals surface area (Å²) in [5.74, 6) is -1.47. The van der Waals surface area contributed by atoms with Crippen LogP contribution in [0, 0.1) is 0 Å². The average Bonchev–Trinajstić information content (AvgIpc) is 2.64. The predicted molar refractivity (Wildman–Crippen MR) is 114 cm³/mol. The van der Waals surface area contributed by atoms with Gasteiger partial charge >= 0.3 is 11.9 Å². The summed E-state index contributed by atoms with van der Waals surface area (Å²) in [5, 5.41) is 23.0. The summed E-state index contributed by atoms with van der Waals surface area (Å²) in [6.07, 6.45) is 13.8. The van der Waals surface area contributed by atoms with Crippen LogP contribution in [0.4, 0.5) is 0 Å². The van der Waals surface area contributed by atoms with Crippen LogP contribution in [0.3, 0.4) is 0 Å². The van der Waals surface area contributed by atoms with E-state index in [1.165, 1.54) is 25.7 Å². The van der Waals surface area contributed by atoms with Crippen LogP contribution < -0.4 is 10.4 Å². The first-order chi connectivity index (χ1) is 13.5. The zero-order valence-corrected chi connectivity index (χ0v) is 18.2. The monoisotopic (exact) mass is 418 g/mol. The molecule has 4 N–H and O–H groups in total. The van der Waals surface area contributed by atoms with E-state index in [4.69, 9.17) is 10.2 Å². The third-order valence-corrected chi connectivity index (χ3v) is 5.19. The molecule has 0 spiro atoms. The number of carbonyl (C=O) groups excluding carboxylic acids is 1. The molecular weight excluding hydrogens is 379 g/mol. The molecule has 1 amide bonds. The van der Waals surface area contributed by atoms with Crippen LogP contribution in [0.25, 0.3) is 0 Å². The molecule has 7 nitrogen and oxygen atoms in total. The molecule has 8 heteroatoms. The topological polar surface area (TPSA) is 116 Å². The van der Waals surface area contributed by atoms with Gasteiger partial charge in [0.15, 0.2) is 0 Å². The smallest absolute Gasteiger partial charge is 0.320 e. The number of carboxylic acid groups (broad SMARTS) is 2. The molecule has 0 aliphatic rings. The van der Waals surface area contributed by atoms with Gasteiger partial charge in [0.25, 0.3) is 0 Å². The second kappa shape index (κ2) is 19.1. The molecule has 164 valence electrons. The minimum absolute atomic E-state index is 0.0836. The summed E-state index contributed by atoms with van der Waals surface area (Å²) in [6.45, 7) is 0.606. The van der Waals surface area contributed by atoms with Crippen LogP contribution in [0.15, 0.2) is 0 Å². The van der Waals surface area contributed by atoms with Crippen LogP contribution in [0.5, 0.6) is 0 Å². The van der Waals surface area contributed by atoms with E-state index in [1.54, 1.807) is 0 Å². The highest BCUT2D eigenvalue weighted by Gasteiger charge is 2.13. The summed E-state index contributed by atoms with van der Waals surface area (Å²) in [7, 11) is 2.23. The number of aliphatic carboxylic acids is 2. The molecule has 0 saturated carbocycles. The maximum absolute atomic E-state index is 11.7. The van der Waals surface area contributed by atoms with E-state index < -0.39 is 18.0 Å². The van der Waals surface area contributed by atoms with Gasteiger partial charge in [-0.25, -0.2) is 0 Å². The normalized spacial score (nSPS) is 11.9. The Labute approximate surface area is 171 Å². The number of carboxylic acids is 2. The summed E-state index contributed by atoms with van der Waals surface area (Å²) in [4.78, 5) is 33.0. The van der Waals surface area contributed by atoms with Gasteiger partial charge in [0, 0.05) is 19.4 Å². The maximum atomic E-state index is 11.7. The molecule has 0 aromatic carbocycles. The Balaban J connectivity index is 3.31. The standard InChI is InChI=1S/C20H39N2O5P/c23-18(21-16-12-11-13-17(22-28)20(26)27)14-9-7-5-3-1-2-4-6-8-10-15-19(24)25/h17,22H,1-16,28H2,(H,21,23)(H,24,25)(H,26,27)/t17-/m0/s1. The molecule has 0 heterocycles. The lowest BCUT2D eigenvalue weighted by atomic mass is 10.1. The quantitative estimate of drug-likeness (QED) is 0.176. The Morgan fingerprint density at radius 3 is 1.68 bits per heavy atom. The van der Waals surface area contributed by atoms with Crippen molar-refractivity contribution in [2.75, 3.05) is 6.54 Å². The van der Waals surface area contributed by atoms with Crippen LogP contribution in [-0.2, 0) is 14.4 Å². The van der Waals surface area contributed by atoms with Gasteiger partial charge in [-0.1, -0.05) is 60.8 Å². The number of rotatable bonds is 20. The van der Waals surface area contributed by atoms with Crippen molar-refractivity contribution in [2.45, 2.75) is 102 Å². The second-order valence-corrected chi connectivity index (χ2v) is 7.67. The Bertz CT molecular complexity index is 435. The van der Waals surface area contributed by atoms with Crippen LogP contribution in [0.1, 0.15) is 96.3 Å². The van der Waals surface area contributed by atoms with Crippen molar-refractivity contribution in [3.05, 3.63) is 0 Å². The molecule has 0 saturated heterocycles. The highest BCUT2D eigenvalue weighted by molar-refractivity contribution is 7.13. The number of carbonyl (C=O) groups is 3. The van der Waals surface area contributed by atoms with E-state index in [1.807, 2.05) is 0 Å². The molecule has 1 unspecified atom stereocenters. The van der Waals surface area contributed by atoms with Gasteiger partial charge < -0.3 is 15.5 Å². The molecule has 0 rings (SSSR count). The number of hydrogen-bond donors (Lipinski definition) is 4. The average molecular weight is 419 g/mol. The molecule has 0 aromatic rings. The van der Waals surface area contributed by atoms with Crippen molar-refractivity contribution >= 4 is 27.2 Å². The van der Waals surface area contributed by atoms with E-state index in [0.717, 1.165) is 51.4 Å². The lowest BCUT2D eigenvalue weighted by molar-refractivity contribution is -0.139. The largest absolute Gasteiger partial charge is 0.481 e. The van der Waals surface area contributed by atoms with E-state index >= 15 is 0 Å². The van der Waals surface area contributed by atoms with Gasteiger partial charge in [-0.05, 0) is 32.1 Å². The van der Waals surface area contributed by atoms with Gasteiger partial charge in [-0.3, -0.25) is 19.5 Å². The third-order valence-electron chi connectivity index (χ3n) is 4.79. The molecule has 0 aromatic heterocycles. The summed E-state index contributed by atoms with van der Waals surface area (Å²) in [5.41, 5.74) is 0. The Hall–Kier alpha value is -1.20. The van der Waals surface area contributed by atoms with Crippen LogP contribution >= 0.6 is 9.39 Å². The van der Waals surface area contributed by atoms with Crippen molar-refractivity contribution in [1.82, 2.24) is 10.4 Å². The SMILES string of the molecule is O=C(O)CCCCCCCCCCCCC(=O)NCCCC[C@H](NP)C(=O)O. The van der Waals surface area contributed by atoms with Crippen molar-refractivity contribution in [3.8, 4) is 0 Å². The number of amides is 1. The fraction of sp³-hybridized carbons (Fsp3) is 0.850. The molecule has 0 radical (unpaired) electrons. The Morgan fingerprint density at radius 1 is 0.714 bits per heavy atom. The van der Waals surface area contributed by atoms with Crippen molar-refractivity contribution in [1.29, 1.82) is 0 Å². The summed E-state index contributed by atoms with van der Waals surface area (Å²) < 4.78 is 0. The molecule has 0 bridgehead atoms. The van der Waals surface area contributed by atoms with Crippen LogP contribution in [0.2, 0.25) is 0 Å². The highest BCUT2D eigenvalue weighted by Crippen LogP contribution is 2.12. The minimum atomic E-state index is -0.852. The maximum Gasteiger partial charge on any atom is 0.320 e. The summed E-state index contributed by atoms with van der Waals surface area (Å²) >= 11 is 0. The van der Waals surface area contributed by atoms with Gasteiger partial charge in [0.2, 0.25) is 5.91 Å². The number of nitrogens with one attached hydrogen (secondary N) is 2. The van der Waals surface area contributed by atoms with Gasteiger partial charge in [0.05, 0.1) is 0 Å². The van der Waals surface area contributed by atoms with E-state index in [-0.39, 0.29) is 12.3 Å². The van der Waals surface area contributed by atoms with Crippen molar-refractivity contribution in [3.63, 3.8) is 0 Å². The van der Waals surface area contributed by atoms with Gasteiger partial charge in [0.1, 0.15) is 6.04 Å². The molecule has 28 heavy (non-hydrogen) atoms.